The van der Waals surface area contributed by atoms with Crippen molar-refractivity contribution in [2.24, 2.45) is 0 Å². The number of hydrogen-bond donors (Lipinski definition) is 1. The van der Waals surface area contributed by atoms with Gasteiger partial charge in [0, 0.05) is 17.8 Å². The van der Waals surface area contributed by atoms with E-state index in [1.165, 1.54) is 11.8 Å². The van der Waals surface area contributed by atoms with E-state index in [0.717, 1.165) is 5.56 Å². The minimum atomic E-state index is -0.158. The molecule has 2 heterocycles. The van der Waals surface area contributed by atoms with Gasteiger partial charge in [0.1, 0.15) is 11.1 Å². The van der Waals surface area contributed by atoms with Crippen LogP contribution < -0.4 is 5.32 Å². The van der Waals surface area contributed by atoms with E-state index in [0.29, 0.717) is 33.5 Å². The average molecular weight is 395 g/mol. The Labute approximate surface area is 166 Å². The van der Waals surface area contributed by atoms with Gasteiger partial charge in [0.05, 0.1) is 22.7 Å². The van der Waals surface area contributed by atoms with E-state index in [9.17, 15) is 10.1 Å². The van der Waals surface area contributed by atoms with Gasteiger partial charge in [0.15, 0.2) is 0 Å². The smallest absolute Gasteiger partial charge is 0.230 e. The number of carbonyl (C=O) groups is 1. The molecule has 0 aliphatic heterocycles. The van der Waals surface area contributed by atoms with Crippen molar-refractivity contribution in [2.75, 3.05) is 5.75 Å². The van der Waals surface area contributed by atoms with Crippen molar-refractivity contribution in [3.05, 3.63) is 76.9 Å². The number of nitriles is 1. The van der Waals surface area contributed by atoms with Crippen molar-refractivity contribution < 1.29 is 4.79 Å². The monoisotopic (exact) mass is 394 g/mol. The molecule has 0 unspecified atom stereocenters. The van der Waals surface area contributed by atoms with Gasteiger partial charge in [0.25, 0.3) is 0 Å². The van der Waals surface area contributed by atoms with Crippen LogP contribution in [0.25, 0.3) is 11.4 Å². The molecule has 1 aromatic carbocycles. The van der Waals surface area contributed by atoms with Crippen molar-refractivity contribution in [1.82, 2.24) is 15.3 Å². The highest BCUT2D eigenvalue weighted by molar-refractivity contribution is 8.00. The number of amides is 1. The van der Waals surface area contributed by atoms with Crippen molar-refractivity contribution in [2.45, 2.75) is 11.6 Å². The number of nitrogens with zero attached hydrogens (tertiary/aromatic N) is 3. The molecular weight excluding hydrogens is 380 g/mol. The minimum absolute atomic E-state index is 0.151. The number of aromatic nitrogens is 2. The summed E-state index contributed by atoms with van der Waals surface area (Å²) >= 11 is 7.31. The van der Waals surface area contributed by atoms with E-state index >= 15 is 0 Å². The van der Waals surface area contributed by atoms with Crippen LogP contribution in [0.2, 0.25) is 5.02 Å². The molecule has 0 saturated heterocycles. The number of carbonyl (C=O) groups excluding carboxylic acids is 1. The Kier molecular flexibility index (Phi) is 6.42. The van der Waals surface area contributed by atoms with Crippen LogP contribution in [0.15, 0.2) is 65.8 Å². The van der Waals surface area contributed by atoms with Gasteiger partial charge in [-0.25, -0.2) is 4.98 Å². The van der Waals surface area contributed by atoms with Crippen LogP contribution in [-0.4, -0.2) is 21.6 Å². The summed E-state index contributed by atoms with van der Waals surface area (Å²) in [6, 6.07) is 18.5. The molecule has 5 nitrogen and oxygen atoms in total. The van der Waals surface area contributed by atoms with Crippen LogP contribution in [0.5, 0.6) is 0 Å². The number of thioether (sulfide) groups is 1. The molecule has 7 heteroatoms. The Bertz CT molecular complexity index is 989. The van der Waals surface area contributed by atoms with Crippen molar-refractivity contribution in [3.8, 4) is 17.5 Å². The SMILES string of the molecule is N#Cc1ccc(-c2ccccn2)nc1SCC(=O)NCc1ccccc1Cl. The van der Waals surface area contributed by atoms with Crippen LogP contribution in [-0.2, 0) is 11.3 Å². The summed E-state index contributed by atoms with van der Waals surface area (Å²) in [4.78, 5) is 20.9. The fourth-order valence-corrected chi connectivity index (χ4v) is 3.32. The van der Waals surface area contributed by atoms with Gasteiger partial charge < -0.3 is 5.32 Å². The van der Waals surface area contributed by atoms with Crippen molar-refractivity contribution in [1.29, 1.82) is 5.26 Å². The lowest BCUT2D eigenvalue weighted by atomic mass is 10.2. The molecule has 0 bridgehead atoms. The van der Waals surface area contributed by atoms with Crippen molar-refractivity contribution >= 4 is 29.3 Å². The highest BCUT2D eigenvalue weighted by Gasteiger charge is 2.11. The summed E-state index contributed by atoms with van der Waals surface area (Å²) in [7, 11) is 0. The Morgan fingerprint density at radius 2 is 1.93 bits per heavy atom. The molecule has 3 rings (SSSR count). The first-order valence-electron chi connectivity index (χ1n) is 8.13. The van der Waals surface area contributed by atoms with E-state index in [1.54, 1.807) is 24.4 Å². The first kappa shape index (κ1) is 18.9. The van der Waals surface area contributed by atoms with Gasteiger partial charge >= 0.3 is 0 Å². The average Bonchev–Trinajstić information content (AvgIpc) is 2.72. The summed E-state index contributed by atoms with van der Waals surface area (Å²) in [5.74, 6) is -0.00787. The number of benzene rings is 1. The predicted molar refractivity (Wildman–Crippen MR) is 106 cm³/mol. The molecule has 2 aromatic heterocycles. The van der Waals surface area contributed by atoms with Crippen LogP contribution in [0.1, 0.15) is 11.1 Å². The van der Waals surface area contributed by atoms with Gasteiger partial charge in [0.2, 0.25) is 5.91 Å². The lowest BCUT2D eigenvalue weighted by Crippen LogP contribution is -2.24. The quantitative estimate of drug-likeness (QED) is 0.637. The topological polar surface area (TPSA) is 78.7 Å². The van der Waals surface area contributed by atoms with E-state index in [1.807, 2.05) is 36.4 Å². The number of pyridine rings is 2. The molecule has 0 spiro atoms. The third kappa shape index (κ3) is 5.07. The molecule has 0 aliphatic carbocycles. The Morgan fingerprint density at radius 1 is 1.11 bits per heavy atom. The van der Waals surface area contributed by atoms with E-state index in [4.69, 9.17) is 11.6 Å². The van der Waals surface area contributed by atoms with Gasteiger partial charge in [-0.1, -0.05) is 47.6 Å². The van der Waals surface area contributed by atoms with E-state index < -0.39 is 0 Å². The molecule has 0 saturated carbocycles. The third-order valence-corrected chi connectivity index (χ3v) is 5.04. The minimum Gasteiger partial charge on any atom is -0.351 e. The summed E-state index contributed by atoms with van der Waals surface area (Å²) in [6.45, 7) is 0.353. The molecule has 0 radical (unpaired) electrons. The Hall–Kier alpha value is -2.88. The molecule has 3 aromatic rings. The molecule has 0 aliphatic rings. The van der Waals surface area contributed by atoms with Crippen LogP contribution in [0.4, 0.5) is 0 Å². The van der Waals surface area contributed by atoms with Gasteiger partial charge in [-0.15, -0.1) is 0 Å². The maximum Gasteiger partial charge on any atom is 0.230 e. The largest absolute Gasteiger partial charge is 0.351 e. The molecule has 27 heavy (non-hydrogen) atoms. The highest BCUT2D eigenvalue weighted by atomic mass is 35.5. The zero-order chi connectivity index (χ0) is 19.1. The third-order valence-electron chi connectivity index (χ3n) is 3.68. The second-order valence-corrected chi connectivity index (χ2v) is 6.90. The first-order valence-corrected chi connectivity index (χ1v) is 9.49. The Balaban J connectivity index is 1.65. The lowest BCUT2D eigenvalue weighted by Gasteiger charge is -2.08. The zero-order valence-corrected chi connectivity index (χ0v) is 15.8. The highest BCUT2D eigenvalue weighted by Crippen LogP contribution is 2.24. The normalized spacial score (nSPS) is 10.2. The summed E-state index contributed by atoms with van der Waals surface area (Å²) in [5.41, 5.74) is 2.66. The standard InChI is InChI=1S/C20H15ClN4OS/c21-16-6-2-1-5-15(16)12-24-19(26)13-27-20-14(11-22)8-9-18(25-20)17-7-3-4-10-23-17/h1-10H,12-13H2,(H,24,26). The molecule has 0 fully saturated rings. The Morgan fingerprint density at radius 3 is 2.67 bits per heavy atom. The van der Waals surface area contributed by atoms with Crippen LogP contribution in [0, 0.1) is 11.3 Å². The zero-order valence-electron chi connectivity index (χ0n) is 14.2. The lowest BCUT2D eigenvalue weighted by molar-refractivity contribution is -0.118. The molecule has 134 valence electrons. The second kappa shape index (κ2) is 9.17. The van der Waals surface area contributed by atoms with Gasteiger partial charge in [-0.3, -0.25) is 9.78 Å². The van der Waals surface area contributed by atoms with Gasteiger partial charge in [-0.2, -0.15) is 5.26 Å². The van der Waals surface area contributed by atoms with E-state index in [2.05, 4.69) is 21.4 Å². The van der Waals surface area contributed by atoms with Crippen molar-refractivity contribution in [3.63, 3.8) is 0 Å². The molecule has 1 amide bonds. The number of hydrogen-bond acceptors (Lipinski definition) is 5. The summed E-state index contributed by atoms with van der Waals surface area (Å²) in [6.07, 6.45) is 1.68. The van der Waals surface area contributed by atoms with Crippen LogP contribution in [0.3, 0.4) is 0 Å². The predicted octanol–water partition coefficient (Wildman–Crippen LogP) is 4.08. The van der Waals surface area contributed by atoms with Crippen LogP contribution >= 0.6 is 23.4 Å². The maximum atomic E-state index is 12.2. The fourth-order valence-electron chi connectivity index (χ4n) is 2.31. The summed E-state index contributed by atoms with van der Waals surface area (Å²) < 4.78 is 0. The molecular formula is C20H15ClN4OS. The first-order chi connectivity index (χ1) is 13.2. The second-order valence-electron chi connectivity index (χ2n) is 5.53. The number of nitrogens with one attached hydrogen (secondary N) is 1. The molecule has 1 N–H and O–H groups in total. The number of rotatable bonds is 6. The fraction of sp³-hybridized carbons (Fsp3) is 0.100. The van der Waals surface area contributed by atoms with Gasteiger partial charge in [-0.05, 0) is 35.9 Å². The maximum absolute atomic E-state index is 12.2. The number of halogens is 1. The summed E-state index contributed by atoms with van der Waals surface area (Å²) in [5, 5.41) is 13.2. The molecule has 0 atom stereocenters. The van der Waals surface area contributed by atoms with E-state index in [-0.39, 0.29) is 11.7 Å².